The molecular formula is C16H14ClNO2. The first-order valence-corrected chi connectivity index (χ1v) is 6.90. The molecule has 102 valence electrons. The monoisotopic (exact) mass is 287 g/mol. The van der Waals surface area contributed by atoms with E-state index in [2.05, 4.69) is 4.98 Å². The summed E-state index contributed by atoms with van der Waals surface area (Å²) in [6, 6.07) is 11.8. The Labute approximate surface area is 121 Å². The number of carbonyl (C=O) groups is 1. The van der Waals surface area contributed by atoms with Gasteiger partial charge in [-0.1, -0.05) is 29.8 Å². The van der Waals surface area contributed by atoms with E-state index in [1.807, 2.05) is 43.3 Å². The second-order valence-electron chi connectivity index (χ2n) is 4.68. The molecule has 0 amide bonds. The third-order valence-corrected chi connectivity index (χ3v) is 3.51. The number of nitrogens with one attached hydrogen (secondary N) is 1. The summed E-state index contributed by atoms with van der Waals surface area (Å²) < 4.78 is 4.97. The zero-order valence-corrected chi connectivity index (χ0v) is 11.8. The molecule has 0 aliphatic carbocycles. The zero-order chi connectivity index (χ0) is 14.1. The molecule has 1 heterocycles. The first-order valence-electron chi connectivity index (χ1n) is 6.53. The average Bonchev–Trinajstić information content (AvgIpc) is 2.75. The fraction of sp³-hybridized carbons (Fsp3) is 0.188. The van der Waals surface area contributed by atoms with E-state index in [1.165, 1.54) is 0 Å². The Kier molecular flexibility index (Phi) is 3.36. The van der Waals surface area contributed by atoms with Gasteiger partial charge in [-0.15, -0.1) is 0 Å². The van der Waals surface area contributed by atoms with Crippen molar-refractivity contribution < 1.29 is 9.53 Å². The highest BCUT2D eigenvalue weighted by Gasteiger charge is 2.08. The van der Waals surface area contributed by atoms with Gasteiger partial charge in [-0.3, -0.25) is 4.79 Å². The Morgan fingerprint density at radius 1 is 1.15 bits per heavy atom. The minimum Gasteiger partial charge on any atom is -0.466 e. The van der Waals surface area contributed by atoms with Gasteiger partial charge in [-0.05, 0) is 30.7 Å². The molecule has 2 aromatic carbocycles. The summed E-state index contributed by atoms with van der Waals surface area (Å²) in [5, 5.41) is 2.96. The number of benzene rings is 2. The number of fused-ring (bicyclic) bond motifs is 3. The summed E-state index contributed by atoms with van der Waals surface area (Å²) in [7, 11) is 0. The molecule has 1 aromatic heterocycles. The topological polar surface area (TPSA) is 42.1 Å². The molecule has 0 radical (unpaired) electrons. The third kappa shape index (κ3) is 2.37. The smallest absolute Gasteiger partial charge is 0.310 e. The summed E-state index contributed by atoms with van der Waals surface area (Å²) in [5.41, 5.74) is 2.94. The van der Waals surface area contributed by atoms with Gasteiger partial charge in [0, 0.05) is 26.8 Å². The van der Waals surface area contributed by atoms with E-state index in [9.17, 15) is 4.79 Å². The predicted molar refractivity (Wildman–Crippen MR) is 81.2 cm³/mol. The number of H-pyrrole nitrogens is 1. The molecule has 0 aliphatic rings. The van der Waals surface area contributed by atoms with Crippen LogP contribution in [-0.2, 0) is 16.0 Å². The number of ether oxygens (including phenoxy) is 1. The van der Waals surface area contributed by atoms with Crippen molar-refractivity contribution in [3.8, 4) is 0 Å². The maximum Gasteiger partial charge on any atom is 0.310 e. The van der Waals surface area contributed by atoms with Crippen molar-refractivity contribution in [1.29, 1.82) is 0 Å². The number of hydrogen-bond donors (Lipinski definition) is 1. The number of rotatable bonds is 3. The molecule has 0 aliphatic heterocycles. The molecule has 0 fully saturated rings. The van der Waals surface area contributed by atoms with Crippen molar-refractivity contribution in [2.24, 2.45) is 0 Å². The molecule has 3 aromatic rings. The van der Waals surface area contributed by atoms with Crippen molar-refractivity contribution in [3.63, 3.8) is 0 Å². The Balaban J connectivity index is 2.03. The molecule has 3 nitrogen and oxygen atoms in total. The SMILES string of the molecule is CCOC(=O)Cc1ccc2c(c1)[nH]c1cc(Cl)ccc12. The highest BCUT2D eigenvalue weighted by atomic mass is 35.5. The molecule has 3 rings (SSSR count). The number of esters is 1. The van der Waals surface area contributed by atoms with Gasteiger partial charge in [0.2, 0.25) is 0 Å². The lowest BCUT2D eigenvalue weighted by atomic mass is 10.1. The first kappa shape index (κ1) is 13.0. The predicted octanol–water partition coefficient (Wildman–Crippen LogP) is 4.08. The van der Waals surface area contributed by atoms with Crippen LogP contribution in [-0.4, -0.2) is 17.6 Å². The van der Waals surface area contributed by atoms with Crippen molar-refractivity contribution >= 4 is 39.4 Å². The number of aromatic amines is 1. The maximum atomic E-state index is 11.5. The van der Waals surface area contributed by atoms with E-state index in [4.69, 9.17) is 16.3 Å². The minimum atomic E-state index is -0.203. The minimum absolute atomic E-state index is 0.203. The Bertz CT molecular complexity index is 792. The average molecular weight is 288 g/mol. The van der Waals surface area contributed by atoms with E-state index < -0.39 is 0 Å². The first-order chi connectivity index (χ1) is 9.67. The molecule has 0 unspecified atom stereocenters. The molecule has 20 heavy (non-hydrogen) atoms. The molecule has 0 spiro atoms. The van der Waals surface area contributed by atoms with Gasteiger partial charge in [0.25, 0.3) is 0 Å². The molecule has 4 heteroatoms. The quantitative estimate of drug-likeness (QED) is 0.738. The van der Waals surface area contributed by atoms with Gasteiger partial charge >= 0.3 is 5.97 Å². The van der Waals surface area contributed by atoms with Gasteiger partial charge < -0.3 is 9.72 Å². The van der Waals surface area contributed by atoms with Crippen molar-refractivity contribution in [2.75, 3.05) is 6.61 Å². The lowest BCUT2D eigenvalue weighted by Crippen LogP contribution is -2.07. The molecule has 0 saturated carbocycles. The van der Waals surface area contributed by atoms with Crippen LogP contribution in [0.3, 0.4) is 0 Å². The van der Waals surface area contributed by atoms with Crippen molar-refractivity contribution in [1.82, 2.24) is 4.98 Å². The van der Waals surface area contributed by atoms with Gasteiger partial charge in [-0.2, -0.15) is 0 Å². The zero-order valence-electron chi connectivity index (χ0n) is 11.1. The van der Waals surface area contributed by atoms with Crippen molar-refractivity contribution in [2.45, 2.75) is 13.3 Å². The highest BCUT2D eigenvalue weighted by molar-refractivity contribution is 6.31. The normalized spacial score (nSPS) is 11.1. The molecular weight excluding hydrogens is 274 g/mol. The summed E-state index contributed by atoms with van der Waals surface area (Å²) in [6.07, 6.45) is 0.292. The van der Waals surface area contributed by atoms with Gasteiger partial charge in [0.05, 0.1) is 13.0 Å². The van der Waals surface area contributed by atoms with E-state index in [1.54, 1.807) is 0 Å². The van der Waals surface area contributed by atoms with Crippen LogP contribution in [0.15, 0.2) is 36.4 Å². The molecule has 0 saturated heterocycles. The van der Waals surface area contributed by atoms with E-state index in [0.717, 1.165) is 27.4 Å². The van der Waals surface area contributed by atoms with Gasteiger partial charge in [0.1, 0.15) is 0 Å². The van der Waals surface area contributed by atoms with Crippen LogP contribution in [0, 0.1) is 0 Å². The van der Waals surface area contributed by atoms with Crippen LogP contribution in [0.4, 0.5) is 0 Å². The van der Waals surface area contributed by atoms with E-state index in [-0.39, 0.29) is 5.97 Å². The number of aromatic nitrogens is 1. The van der Waals surface area contributed by atoms with E-state index in [0.29, 0.717) is 18.1 Å². The summed E-state index contributed by atoms with van der Waals surface area (Å²) in [5.74, 6) is -0.203. The summed E-state index contributed by atoms with van der Waals surface area (Å²) in [4.78, 5) is 14.8. The van der Waals surface area contributed by atoms with Crippen LogP contribution < -0.4 is 0 Å². The van der Waals surface area contributed by atoms with Gasteiger partial charge in [-0.25, -0.2) is 0 Å². The van der Waals surface area contributed by atoms with E-state index >= 15 is 0 Å². The lowest BCUT2D eigenvalue weighted by molar-refractivity contribution is -0.142. The second-order valence-corrected chi connectivity index (χ2v) is 5.11. The molecule has 0 bridgehead atoms. The second kappa shape index (κ2) is 5.17. The fourth-order valence-corrected chi connectivity index (χ4v) is 2.59. The maximum absolute atomic E-state index is 11.5. The third-order valence-electron chi connectivity index (χ3n) is 3.28. The van der Waals surface area contributed by atoms with Crippen LogP contribution in [0.2, 0.25) is 5.02 Å². The Morgan fingerprint density at radius 3 is 2.60 bits per heavy atom. The molecule has 0 atom stereocenters. The molecule has 1 N–H and O–H groups in total. The summed E-state index contributed by atoms with van der Waals surface area (Å²) in [6.45, 7) is 2.22. The Morgan fingerprint density at radius 2 is 1.85 bits per heavy atom. The van der Waals surface area contributed by atoms with Crippen LogP contribution >= 0.6 is 11.6 Å². The van der Waals surface area contributed by atoms with Gasteiger partial charge in [0.15, 0.2) is 0 Å². The largest absolute Gasteiger partial charge is 0.466 e. The fourth-order valence-electron chi connectivity index (χ4n) is 2.42. The van der Waals surface area contributed by atoms with Crippen LogP contribution in [0.5, 0.6) is 0 Å². The van der Waals surface area contributed by atoms with Crippen molar-refractivity contribution in [3.05, 3.63) is 47.0 Å². The summed E-state index contributed by atoms with van der Waals surface area (Å²) >= 11 is 6.00. The number of hydrogen-bond acceptors (Lipinski definition) is 2. The standard InChI is InChI=1S/C16H14ClNO2/c1-2-20-16(19)8-10-3-5-12-13-6-4-11(17)9-15(13)18-14(12)7-10/h3-7,9,18H,2,8H2,1H3. The number of carbonyl (C=O) groups excluding carboxylic acids is 1. The number of halogens is 1. The Hall–Kier alpha value is -2.00. The lowest BCUT2D eigenvalue weighted by Gasteiger charge is -2.02. The van der Waals surface area contributed by atoms with Crippen LogP contribution in [0.1, 0.15) is 12.5 Å². The highest BCUT2D eigenvalue weighted by Crippen LogP contribution is 2.28. The van der Waals surface area contributed by atoms with Crippen LogP contribution in [0.25, 0.3) is 21.8 Å².